The Morgan fingerprint density at radius 3 is 2.59 bits per heavy atom. The molecule has 2 nitrogen and oxygen atoms in total. The summed E-state index contributed by atoms with van der Waals surface area (Å²) in [5.41, 5.74) is -0.352. The Morgan fingerprint density at radius 2 is 2.06 bits per heavy atom. The van der Waals surface area contributed by atoms with Crippen LogP contribution < -0.4 is 5.32 Å². The summed E-state index contributed by atoms with van der Waals surface area (Å²) in [5, 5.41) is 3.14. The number of hydrogen-bond donors (Lipinski definition) is 1. The number of nitrogens with one attached hydrogen (secondary N) is 1. The van der Waals surface area contributed by atoms with Gasteiger partial charge in [0.25, 0.3) is 0 Å². The van der Waals surface area contributed by atoms with Gasteiger partial charge in [0, 0.05) is 5.54 Å². The number of hydrogen-bond acceptors (Lipinski definition) is 2. The fourth-order valence-corrected chi connectivity index (χ4v) is 1.79. The summed E-state index contributed by atoms with van der Waals surface area (Å²) in [5.74, 6) is 0. The Labute approximate surface area is 97.8 Å². The maximum absolute atomic E-state index is 12.5. The van der Waals surface area contributed by atoms with Crippen molar-refractivity contribution in [1.29, 1.82) is 0 Å². The van der Waals surface area contributed by atoms with Crippen molar-refractivity contribution in [1.82, 2.24) is 5.32 Å². The van der Waals surface area contributed by atoms with Gasteiger partial charge < -0.3 is 4.74 Å². The molecule has 94 valence electrons. The summed E-state index contributed by atoms with van der Waals surface area (Å²) in [4.78, 5) is 0. The van der Waals surface area contributed by atoms with E-state index in [0.717, 1.165) is 12.1 Å². The molecule has 0 bridgehead atoms. The lowest BCUT2D eigenvalue weighted by Gasteiger charge is -2.18. The zero-order valence-electron chi connectivity index (χ0n) is 9.64. The molecular formula is C12H14F3NO. The largest absolute Gasteiger partial charge is 0.416 e. The molecule has 1 fully saturated rings. The van der Waals surface area contributed by atoms with Gasteiger partial charge in [-0.3, -0.25) is 5.32 Å². The smallest absolute Gasteiger partial charge is 0.357 e. The predicted octanol–water partition coefficient (Wildman–Crippen LogP) is 3.10. The molecule has 2 rings (SSSR count). The van der Waals surface area contributed by atoms with E-state index in [9.17, 15) is 13.2 Å². The third-order valence-electron chi connectivity index (χ3n) is 2.65. The molecule has 0 aromatic heterocycles. The second-order valence-corrected chi connectivity index (χ2v) is 4.84. The van der Waals surface area contributed by atoms with Gasteiger partial charge in [0.15, 0.2) is 0 Å². The van der Waals surface area contributed by atoms with Crippen LogP contribution in [0.1, 0.15) is 31.2 Å². The Balaban J connectivity index is 2.23. The van der Waals surface area contributed by atoms with Crippen molar-refractivity contribution in [3.8, 4) is 0 Å². The number of benzene rings is 1. The quantitative estimate of drug-likeness (QED) is 0.820. The van der Waals surface area contributed by atoms with Gasteiger partial charge in [-0.05, 0) is 31.5 Å². The molecule has 1 atom stereocenters. The van der Waals surface area contributed by atoms with Crippen molar-refractivity contribution in [3.05, 3.63) is 35.4 Å². The zero-order valence-corrected chi connectivity index (χ0v) is 9.64. The molecule has 1 aliphatic rings. The maximum atomic E-state index is 12.5. The molecule has 1 aromatic carbocycles. The van der Waals surface area contributed by atoms with Crippen LogP contribution in [0.2, 0.25) is 0 Å². The summed E-state index contributed by atoms with van der Waals surface area (Å²) in [6.07, 6.45) is -4.78. The first-order chi connectivity index (χ1) is 7.78. The highest BCUT2D eigenvalue weighted by Gasteiger charge is 2.34. The first-order valence-corrected chi connectivity index (χ1v) is 5.34. The molecule has 5 heteroatoms. The van der Waals surface area contributed by atoms with Gasteiger partial charge in [-0.25, -0.2) is 0 Å². The van der Waals surface area contributed by atoms with E-state index in [0.29, 0.717) is 12.2 Å². The van der Waals surface area contributed by atoms with Crippen molar-refractivity contribution < 1.29 is 17.9 Å². The lowest BCUT2D eigenvalue weighted by Crippen LogP contribution is -2.35. The first-order valence-electron chi connectivity index (χ1n) is 5.34. The van der Waals surface area contributed by atoms with Gasteiger partial charge in [0.2, 0.25) is 0 Å². The topological polar surface area (TPSA) is 21.3 Å². The van der Waals surface area contributed by atoms with Gasteiger partial charge in [0.05, 0.1) is 12.2 Å². The average Bonchev–Trinajstić information content (AvgIpc) is 2.58. The van der Waals surface area contributed by atoms with E-state index in [4.69, 9.17) is 4.74 Å². The van der Waals surface area contributed by atoms with Gasteiger partial charge in [0.1, 0.15) is 6.23 Å². The van der Waals surface area contributed by atoms with Crippen LogP contribution >= 0.6 is 0 Å². The Bertz CT molecular complexity index is 414. The van der Waals surface area contributed by atoms with E-state index in [1.54, 1.807) is 6.07 Å². The summed E-state index contributed by atoms with van der Waals surface area (Å²) >= 11 is 0. The van der Waals surface area contributed by atoms with E-state index >= 15 is 0 Å². The molecule has 1 N–H and O–H groups in total. The Hall–Kier alpha value is -1.07. The predicted molar refractivity (Wildman–Crippen MR) is 57.4 cm³/mol. The third kappa shape index (κ3) is 2.79. The van der Waals surface area contributed by atoms with Crippen LogP contribution in [0.4, 0.5) is 13.2 Å². The fraction of sp³-hybridized carbons (Fsp3) is 0.500. The fourth-order valence-electron chi connectivity index (χ4n) is 1.79. The van der Waals surface area contributed by atoms with E-state index in [-0.39, 0.29) is 5.54 Å². The monoisotopic (exact) mass is 245 g/mol. The lowest BCUT2D eigenvalue weighted by atomic mass is 10.1. The van der Waals surface area contributed by atoms with Gasteiger partial charge in [-0.2, -0.15) is 13.2 Å². The third-order valence-corrected chi connectivity index (χ3v) is 2.65. The van der Waals surface area contributed by atoms with Crippen molar-refractivity contribution >= 4 is 0 Å². The molecule has 1 unspecified atom stereocenters. The summed E-state index contributed by atoms with van der Waals surface area (Å²) in [6.45, 7) is 4.37. The second-order valence-electron chi connectivity index (χ2n) is 4.84. The molecule has 1 aliphatic heterocycles. The molecular weight excluding hydrogens is 231 g/mol. The molecule has 1 aromatic rings. The molecule has 0 saturated carbocycles. The van der Waals surface area contributed by atoms with Crippen molar-refractivity contribution in [3.63, 3.8) is 0 Å². The Kier molecular flexibility index (Phi) is 2.91. The molecule has 0 radical (unpaired) electrons. The standard InChI is InChI=1S/C12H14F3NO/c1-11(2)7-17-10(16-11)8-4-3-5-9(6-8)12(13,14)15/h3-6,10,16H,7H2,1-2H3. The normalized spacial score (nSPS) is 23.9. The van der Waals surface area contributed by atoms with Crippen LogP contribution in [0.15, 0.2) is 24.3 Å². The molecule has 0 spiro atoms. The van der Waals surface area contributed by atoms with Crippen LogP contribution in [-0.2, 0) is 10.9 Å². The van der Waals surface area contributed by atoms with E-state index in [1.165, 1.54) is 6.07 Å². The minimum Gasteiger partial charge on any atom is -0.357 e. The lowest BCUT2D eigenvalue weighted by molar-refractivity contribution is -0.137. The molecule has 0 aliphatic carbocycles. The van der Waals surface area contributed by atoms with E-state index in [2.05, 4.69) is 5.32 Å². The van der Waals surface area contributed by atoms with Crippen LogP contribution in [0.25, 0.3) is 0 Å². The first kappa shape index (κ1) is 12.4. The van der Waals surface area contributed by atoms with Gasteiger partial charge in [-0.15, -0.1) is 0 Å². The van der Waals surface area contributed by atoms with Gasteiger partial charge in [-0.1, -0.05) is 12.1 Å². The highest BCUT2D eigenvalue weighted by Crippen LogP contribution is 2.32. The minimum absolute atomic E-state index is 0.209. The molecule has 1 heterocycles. The van der Waals surface area contributed by atoms with Crippen molar-refractivity contribution in [2.45, 2.75) is 31.8 Å². The number of ether oxygens (including phenoxy) is 1. The maximum Gasteiger partial charge on any atom is 0.416 e. The summed E-state index contributed by atoms with van der Waals surface area (Å²) in [6, 6.07) is 5.21. The molecule has 1 saturated heterocycles. The van der Waals surface area contributed by atoms with Crippen molar-refractivity contribution in [2.75, 3.05) is 6.61 Å². The second kappa shape index (κ2) is 3.99. The average molecular weight is 245 g/mol. The van der Waals surface area contributed by atoms with Crippen LogP contribution in [-0.4, -0.2) is 12.1 Å². The van der Waals surface area contributed by atoms with Crippen molar-refractivity contribution in [2.24, 2.45) is 0 Å². The van der Waals surface area contributed by atoms with Crippen LogP contribution in [0, 0.1) is 0 Å². The van der Waals surface area contributed by atoms with E-state index < -0.39 is 18.0 Å². The summed E-state index contributed by atoms with van der Waals surface area (Å²) in [7, 11) is 0. The Morgan fingerprint density at radius 1 is 1.35 bits per heavy atom. The van der Waals surface area contributed by atoms with Crippen LogP contribution in [0.3, 0.4) is 0 Å². The highest BCUT2D eigenvalue weighted by atomic mass is 19.4. The molecule has 0 amide bonds. The number of alkyl halides is 3. The van der Waals surface area contributed by atoms with E-state index in [1.807, 2.05) is 13.8 Å². The number of halogens is 3. The van der Waals surface area contributed by atoms with Crippen LogP contribution in [0.5, 0.6) is 0 Å². The summed E-state index contributed by atoms with van der Waals surface area (Å²) < 4.78 is 43.1. The number of rotatable bonds is 1. The molecule has 17 heavy (non-hydrogen) atoms. The zero-order chi connectivity index (χ0) is 12.7. The highest BCUT2D eigenvalue weighted by molar-refractivity contribution is 5.27. The van der Waals surface area contributed by atoms with Gasteiger partial charge >= 0.3 is 6.18 Å². The minimum atomic E-state index is -4.32. The SMILES string of the molecule is CC1(C)COC(c2cccc(C(F)(F)F)c2)N1.